The number of hydrogen-bond donors (Lipinski definition) is 1. The third-order valence-corrected chi connectivity index (χ3v) is 5.86. The van der Waals surface area contributed by atoms with Gasteiger partial charge in [0.1, 0.15) is 0 Å². The lowest BCUT2D eigenvalue weighted by atomic mass is 9.76. The number of benzene rings is 1. The summed E-state index contributed by atoms with van der Waals surface area (Å²) in [6.07, 6.45) is 3.84. The molecular weight excluding hydrogens is 316 g/mol. The molecule has 0 radical (unpaired) electrons. The summed E-state index contributed by atoms with van der Waals surface area (Å²) in [5.74, 6) is 0.622. The molecule has 1 aromatic carbocycles. The van der Waals surface area contributed by atoms with Gasteiger partial charge in [0, 0.05) is 25.0 Å². The Bertz CT molecular complexity index is 611. The molecule has 2 fully saturated rings. The van der Waals surface area contributed by atoms with Crippen LogP contribution in [0.1, 0.15) is 44.1 Å². The molecule has 2 amide bonds. The minimum Gasteiger partial charge on any atom is -0.453 e. The number of ether oxygens (including phenoxy) is 1. The summed E-state index contributed by atoms with van der Waals surface area (Å²) < 4.78 is 4.58. The van der Waals surface area contributed by atoms with Gasteiger partial charge in [-0.2, -0.15) is 0 Å². The summed E-state index contributed by atoms with van der Waals surface area (Å²) >= 11 is 0. The third kappa shape index (κ3) is 3.80. The van der Waals surface area contributed by atoms with Gasteiger partial charge >= 0.3 is 6.09 Å². The summed E-state index contributed by atoms with van der Waals surface area (Å²) in [6.45, 7) is 4.06. The Morgan fingerprint density at radius 3 is 2.68 bits per heavy atom. The van der Waals surface area contributed by atoms with Crippen molar-refractivity contribution in [3.05, 3.63) is 35.9 Å². The minimum atomic E-state index is -0.479. The monoisotopic (exact) mass is 344 g/mol. The van der Waals surface area contributed by atoms with E-state index < -0.39 is 6.09 Å². The molecule has 3 rings (SSSR count). The minimum absolute atomic E-state index is 0.160. The Kier molecular flexibility index (Phi) is 5.30. The van der Waals surface area contributed by atoms with Crippen molar-refractivity contribution in [1.82, 2.24) is 10.2 Å². The zero-order chi connectivity index (χ0) is 17.9. The van der Waals surface area contributed by atoms with Gasteiger partial charge in [0.15, 0.2) is 0 Å². The second-order valence-corrected chi connectivity index (χ2v) is 7.52. The van der Waals surface area contributed by atoms with Gasteiger partial charge in [0.2, 0.25) is 5.91 Å². The first-order chi connectivity index (χ1) is 12.1. The smallest absolute Gasteiger partial charge is 0.406 e. The highest BCUT2D eigenvalue weighted by Crippen LogP contribution is 2.51. The van der Waals surface area contributed by atoms with Gasteiger partial charge in [-0.25, -0.2) is 4.79 Å². The first-order valence-corrected chi connectivity index (χ1v) is 9.22. The van der Waals surface area contributed by atoms with Crippen LogP contribution in [0.25, 0.3) is 0 Å². The molecule has 1 saturated heterocycles. The molecule has 1 heterocycles. The van der Waals surface area contributed by atoms with E-state index in [1.807, 2.05) is 11.8 Å². The molecule has 1 aliphatic heterocycles. The predicted octanol–water partition coefficient (Wildman–Crippen LogP) is 3.16. The van der Waals surface area contributed by atoms with Crippen LogP contribution in [0.3, 0.4) is 0 Å². The number of hydrogen-bond acceptors (Lipinski definition) is 3. The molecule has 2 atom stereocenters. The van der Waals surface area contributed by atoms with Crippen molar-refractivity contribution >= 4 is 12.0 Å². The number of carbonyl (C=O) groups is 2. The van der Waals surface area contributed by atoms with E-state index in [9.17, 15) is 9.59 Å². The first kappa shape index (κ1) is 17.8. The van der Waals surface area contributed by atoms with Crippen LogP contribution in [0.15, 0.2) is 30.3 Å². The average molecular weight is 344 g/mol. The highest BCUT2D eigenvalue weighted by atomic mass is 16.5. The molecule has 0 aromatic heterocycles. The maximum Gasteiger partial charge on any atom is 0.406 e. The fourth-order valence-electron chi connectivity index (χ4n) is 4.37. The third-order valence-electron chi connectivity index (χ3n) is 5.86. The second-order valence-electron chi connectivity index (χ2n) is 7.52. The van der Waals surface area contributed by atoms with Crippen LogP contribution in [0.5, 0.6) is 0 Å². The number of rotatable bonds is 5. The molecule has 1 aliphatic carbocycles. The number of alkyl carbamates (subject to hydrolysis) is 1. The molecule has 0 bridgehead atoms. The lowest BCUT2D eigenvalue weighted by molar-refractivity contribution is -0.147. The van der Waals surface area contributed by atoms with Crippen LogP contribution in [0.4, 0.5) is 4.79 Å². The van der Waals surface area contributed by atoms with Crippen LogP contribution in [-0.2, 0) is 9.53 Å². The first-order valence-electron chi connectivity index (χ1n) is 9.22. The molecule has 1 aromatic rings. The fraction of sp³-hybridized carbons (Fsp3) is 0.600. The highest BCUT2D eigenvalue weighted by molar-refractivity contribution is 5.80. The Morgan fingerprint density at radius 1 is 1.32 bits per heavy atom. The van der Waals surface area contributed by atoms with Crippen molar-refractivity contribution in [2.24, 2.45) is 11.3 Å². The lowest BCUT2D eigenvalue weighted by Crippen LogP contribution is -2.59. The largest absolute Gasteiger partial charge is 0.453 e. The maximum absolute atomic E-state index is 12.7. The van der Waals surface area contributed by atoms with Crippen molar-refractivity contribution in [1.29, 1.82) is 0 Å². The van der Waals surface area contributed by atoms with Gasteiger partial charge in [-0.3, -0.25) is 4.79 Å². The molecular formula is C20H28N2O3. The van der Waals surface area contributed by atoms with E-state index in [2.05, 4.69) is 40.4 Å². The van der Waals surface area contributed by atoms with Crippen molar-refractivity contribution in [2.75, 3.05) is 26.7 Å². The van der Waals surface area contributed by atoms with Crippen LogP contribution in [0, 0.1) is 11.3 Å². The average Bonchev–Trinajstić information content (AvgIpc) is 3.07. The zero-order valence-electron chi connectivity index (χ0n) is 15.2. The van der Waals surface area contributed by atoms with Crippen LogP contribution in [0.2, 0.25) is 0 Å². The van der Waals surface area contributed by atoms with Gasteiger partial charge in [0.05, 0.1) is 13.0 Å². The molecule has 136 valence electrons. The van der Waals surface area contributed by atoms with Crippen molar-refractivity contribution < 1.29 is 14.3 Å². The molecule has 1 unspecified atom stereocenters. The summed E-state index contributed by atoms with van der Waals surface area (Å²) in [5, 5.41) is 2.65. The Labute approximate surface area is 149 Å². The second kappa shape index (κ2) is 7.46. The van der Waals surface area contributed by atoms with E-state index >= 15 is 0 Å². The molecule has 1 saturated carbocycles. The highest BCUT2D eigenvalue weighted by Gasteiger charge is 2.50. The summed E-state index contributed by atoms with van der Waals surface area (Å²) in [6, 6.07) is 10.7. The number of amides is 2. The van der Waals surface area contributed by atoms with Crippen molar-refractivity contribution in [3.8, 4) is 0 Å². The van der Waals surface area contributed by atoms with E-state index in [0.29, 0.717) is 17.9 Å². The Morgan fingerprint density at radius 2 is 2.04 bits per heavy atom. The standard InChI is InChI=1S/C20H28N2O3/c1-3-15(12-21-19(24)25-2)18(23)22-13-20(14-22)10-9-17(11-20)16-7-5-4-6-8-16/h4-8,15,17H,3,9-14H2,1-2H3,(H,21,24)/t15-,17?/m1/s1. The topological polar surface area (TPSA) is 58.6 Å². The van der Waals surface area contributed by atoms with Crippen LogP contribution in [-0.4, -0.2) is 43.6 Å². The molecule has 5 nitrogen and oxygen atoms in total. The van der Waals surface area contributed by atoms with Crippen LogP contribution >= 0.6 is 0 Å². The molecule has 5 heteroatoms. The number of nitrogens with zero attached hydrogens (tertiary/aromatic N) is 1. The summed E-state index contributed by atoms with van der Waals surface area (Å²) in [4.78, 5) is 25.9. The zero-order valence-corrected chi connectivity index (χ0v) is 15.2. The SMILES string of the molecule is CC[C@H](CNC(=O)OC)C(=O)N1CC2(CCC(c3ccccc3)C2)C1. The van der Waals surface area contributed by atoms with E-state index in [1.54, 1.807) is 0 Å². The summed E-state index contributed by atoms with van der Waals surface area (Å²) in [5.41, 5.74) is 1.74. The quantitative estimate of drug-likeness (QED) is 0.892. The van der Waals surface area contributed by atoms with Gasteiger partial charge in [-0.15, -0.1) is 0 Å². The van der Waals surface area contributed by atoms with Crippen molar-refractivity contribution in [2.45, 2.75) is 38.5 Å². The van der Waals surface area contributed by atoms with E-state index in [4.69, 9.17) is 0 Å². The number of carbonyl (C=O) groups excluding carboxylic acids is 2. The number of likely N-dealkylation sites (tertiary alicyclic amines) is 1. The van der Waals surface area contributed by atoms with Gasteiger partial charge in [-0.05, 0) is 37.2 Å². The van der Waals surface area contributed by atoms with Gasteiger partial charge in [-0.1, -0.05) is 37.3 Å². The van der Waals surface area contributed by atoms with Crippen molar-refractivity contribution in [3.63, 3.8) is 0 Å². The summed E-state index contributed by atoms with van der Waals surface area (Å²) in [7, 11) is 1.33. The molecule has 2 aliphatic rings. The van der Waals surface area contributed by atoms with Crippen LogP contribution < -0.4 is 5.32 Å². The van der Waals surface area contributed by atoms with E-state index in [0.717, 1.165) is 19.5 Å². The van der Waals surface area contributed by atoms with E-state index in [1.165, 1.54) is 31.9 Å². The van der Waals surface area contributed by atoms with Gasteiger partial charge < -0.3 is 15.0 Å². The Balaban J connectivity index is 1.51. The number of nitrogens with one attached hydrogen (secondary N) is 1. The molecule has 1 N–H and O–H groups in total. The molecule has 25 heavy (non-hydrogen) atoms. The lowest BCUT2D eigenvalue weighted by Gasteiger charge is -2.49. The molecule has 1 spiro atoms. The van der Waals surface area contributed by atoms with E-state index in [-0.39, 0.29) is 11.8 Å². The number of methoxy groups -OCH3 is 1. The Hall–Kier alpha value is -2.04. The fourth-order valence-corrected chi connectivity index (χ4v) is 4.37. The maximum atomic E-state index is 12.7. The normalized spacial score (nSPS) is 22.3. The predicted molar refractivity (Wildman–Crippen MR) is 96.2 cm³/mol. The van der Waals surface area contributed by atoms with Gasteiger partial charge in [0.25, 0.3) is 0 Å².